The standard InChI is InChI=1S/C15H16FNO2/c1-15(2,3)19-14(18)17-13-9-11(16)8-10-6-4-5-7-12(10)13/h4-9H,1-3H3,(H,17,18). The monoisotopic (exact) mass is 261 g/mol. The number of hydrogen-bond donors (Lipinski definition) is 1. The number of benzene rings is 2. The lowest BCUT2D eigenvalue weighted by atomic mass is 10.1. The van der Waals surface area contributed by atoms with E-state index in [4.69, 9.17) is 4.74 Å². The maximum absolute atomic E-state index is 13.5. The number of amides is 1. The van der Waals surface area contributed by atoms with Gasteiger partial charge in [-0.2, -0.15) is 0 Å². The third-order valence-electron chi connectivity index (χ3n) is 2.46. The number of halogens is 1. The van der Waals surface area contributed by atoms with Gasteiger partial charge in [0.2, 0.25) is 0 Å². The molecular weight excluding hydrogens is 245 g/mol. The number of carbonyl (C=O) groups excluding carboxylic acids is 1. The van der Waals surface area contributed by atoms with Gasteiger partial charge in [-0.25, -0.2) is 9.18 Å². The Balaban J connectivity index is 2.32. The van der Waals surface area contributed by atoms with Crippen LogP contribution in [0.1, 0.15) is 20.8 Å². The fourth-order valence-corrected chi connectivity index (χ4v) is 1.79. The maximum atomic E-state index is 13.5. The lowest BCUT2D eigenvalue weighted by Crippen LogP contribution is -2.27. The fraction of sp³-hybridized carbons (Fsp3) is 0.267. The normalized spacial score (nSPS) is 11.4. The van der Waals surface area contributed by atoms with Crippen LogP contribution in [0.25, 0.3) is 10.8 Å². The van der Waals surface area contributed by atoms with Gasteiger partial charge in [-0.1, -0.05) is 24.3 Å². The second kappa shape index (κ2) is 4.88. The van der Waals surface area contributed by atoms with Crippen LogP contribution >= 0.6 is 0 Å². The van der Waals surface area contributed by atoms with Gasteiger partial charge in [-0.15, -0.1) is 0 Å². The summed E-state index contributed by atoms with van der Waals surface area (Å²) < 4.78 is 18.7. The Kier molecular flexibility index (Phi) is 3.42. The first-order chi connectivity index (χ1) is 8.85. The van der Waals surface area contributed by atoms with Crippen LogP contribution in [0.15, 0.2) is 36.4 Å². The minimum absolute atomic E-state index is 0.398. The lowest BCUT2D eigenvalue weighted by Gasteiger charge is -2.20. The summed E-state index contributed by atoms with van der Waals surface area (Å²) in [4.78, 5) is 11.7. The summed E-state index contributed by atoms with van der Waals surface area (Å²) >= 11 is 0. The molecule has 0 atom stereocenters. The second-order valence-electron chi connectivity index (χ2n) is 5.30. The van der Waals surface area contributed by atoms with E-state index in [2.05, 4.69) is 5.32 Å². The minimum Gasteiger partial charge on any atom is -0.444 e. The summed E-state index contributed by atoms with van der Waals surface area (Å²) in [6.07, 6.45) is -0.594. The maximum Gasteiger partial charge on any atom is 0.412 e. The molecule has 2 aromatic rings. The first kappa shape index (κ1) is 13.3. The highest BCUT2D eigenvalue weighted by molar-refractivity contribution is 6.00. The van der Waals surface area contributed by atoms with E-state index in [1.165, 1.54) is 12.1 Å². The van der Waals surface area contributed by atoms with Crippen LogP contribution < -0.4 is 5.32 Å². The molecule has 0 aromatic heterocycles. The third-order valence-corrected chi connectivity index (χ3v) is 2.46. The Bertz CT molecular complexity index is 617. The van der Waals surface area contributed by atoms with E-state index in [0.29, 0.717) is 5.69 Å². The highest BCUT2D eigenvalue weighted by atomic mass is 19.1. The van der Waals surface area contributed by atoms with Gasteiger partial charge >= 0.3 is 6.09 Å². The molecule has 0 aliphatic rings. The Morgan fingerprint density at radius 1 is 1.21 bits per heavy atom. The van der Waals surface area contributed by atoms with Crippen LogP contribution in [0.3, 0.4) is 0 Å². The van der Waals surface area contributed by atoms with E-state index >= 15 is 0 Å². The molecule has 2 rings (SSSR count). The molecule has 2 aromatic carbocycles. The van der Waals surface area contributed by atoms with Crippen LogP contribution in [-0.2, 0) is 4.74 Å². The van der Waals surface area contributed by atoms with Gasteiger partial charge < -0.3 is 4.74 Å². The molecule has 0 aliphatic carbocycles. The van der Waals surface area contributed by atoms with Crippen LogP contribution in [0.4, 0.5) is 14.9 Å². The molecule has 0 radical (unpaired) electrons. The highest BCUT2D eigenvalue weighted by Crippen LogP contribution is 2.25. The highest BCUT2D eigenvalue weighted by Gasteiger charge is 2.17. The molecule has 4 heteroatoms. The zero-order valence-electron chi connectivity index (χ0n) is 11.2. The van der Waals surface area contributed by atoms with Crippen molar-refractivity contribution in [2.24, 2.45) is 0 Å². The number of anilines is 1. The van der Waals surface area contributed by atoms with Gasteiger partial charge in [0.1, 0.15) is 11.4 Å². The topological polar surface area (TPSA) is 38.3 Å². The summed E-state index contributed by atoms with van der Waals surface area (Å²) in [7, 11) is 0. The largest absolute Gasteiger partial charge is 0.444 e. The van der Waals surface area contributed by atoms with E-state index in [1.807, 2.05) is 18.2 Å². The Morgan fingerprint density at radius 2 is 1.89 bits per heavy atom. The number of hydrogen-bond acceptors (Lipinski definition) is 2. The molecular formula is C15H16FNO2. The number of rotatable bonds is 1. The SMILES string of the molecule is CC(C)(C)OC(=O)Nc1cc(F)cc2ccccc12. The molecule has 0 heterocycles. The molecule has 0 bridgehead atoms. The van der Waals surface area contributed by atoms with Crippen LogP contribution in [-0.4, -0.2) is 11.7 Å². The third kappa shape index (κ3) is 3.44. The summed E-state index contributed by atoms with van der Waals surface area (Å²) in [5.74, 6) is -0.398. The summed E-state index contributed by atoms with van der Waals surface area (Å²) in [5, 5.41) is 4.08. The quantitative estimate of drug-likeness (QED) is 0.829. The van der Waals surface area contributed by atoms with Crippen molar-refractivity contribution in [3.05, 3.63) is 42.2 Å². The second-order valence-corrected chi connectivity index (χ2v) is 5.30. The number of carbonyl (C=O) groups is 1. The average Bonchev–Trinajstić information content (AvgIpc) is 2.25. The molecule has 3 nitrogen and oxygen atoms in total. The summed E-state index contributed by atoms with van der Waals surface area (Å²) in [6, 6.07) is 9.97. The van der Waals surface area contributed by atoms with Crippen LogP contribution in [0, 0.1) is 5.82 Å². The zero-order valence-corrected chi connectivity index (χ0v) is 11.2. The molecule has 19 heavy (non-hydrogen) atoms. The van der Waals surface area contributed by atoms with Crippen LogP contribution in [0.2, 0.25) is 0 Å². The molecule has 0 aliphatic heterocycles. The number of nitrogens with one attached hydrogen (secondary N) is 1. The van der Waals surface area contributed by atoms with Gasteiger partial charge in [0.05, 0.1) is 5.69 Å². The Labute approximate surface area is 111 Å². The summed E-state index contributed by atoms with van der Waals surface area (Å²) in [5.41, 5.74) is -0.183. The smallest absolute Gasteiger partial charge is 0.412 e. The van der Waals surface area contributed by atoms with Gasteiger partial charge in [0.15, 0.2) is 0 Å². The minimum atomic E-state index is -0.594. The van der Waals surface area contributed by atoms with E-state index in [9.17, 15) is 9.18 Å². The molecule has 1 N–H and O–H groups in total. The number of fused-ring (bicyclic) bond motifs is 1. The molecule has 0 unspecified atom stereocenters. The van der Waals surface area contributed by atoms with Crippen LogP contribution in [0.5, 0.6) is 0 Å². The van der Waals surface area contributed by atoms with E-state index in [1.54, 1.807) is 26.8 Å². The Morgan fingerprint density at radius 3 is 2.58 bits per heavy atom. The predicted octanol–water partition coefficient (Wildman–Crippen LogP) is 4.33. The van der Waals surface area contributed by atoms with Crippen molar-refractivity contribution in [3.63, 3.8) is 0 Å². The average molecular weight is 261 g/mol. The van der Waals surface area contributed by atoms with Crippen molar-refractivity contribution in [1.29, 1.82) is 0 Å². The molecule has 100 valence electrons. The fourth-order valence-electron chi connectivity index (χ4n) is 1.79. The van der Waals surface area contributed by atoms with E-state index in [0.717, 1.165) is 10.8 Å². The number of ether oxygens (including phenoxy) is 1. The van der Waals surface area contributed by atoms with Crippen molar-refractivity contribution >= 4 is 22.6 Å². The van der Waals surface area contributed by atoms with Crippen molar-refractivity contribution < 1.29 is 13.9 Å². The van der Waals surface area contributed by atoms with Gasteiger partial charge in [0, 0.05) is 5.39 Å². The van der Waals surface area contributed by atoms with Gasteiger partial charge in [-0.05, 0) is 38.3 Å². The van der Waals surface area contributed by atoms with Gasteiger partial charge in [0.25, 0.3) is 0 Å². The molecule has 0 spiro atoms. The molecule has 0 fully saturated rings. The van der Waals surface area contributed by atoms with E-state index in [-0.39, 0.29) is 0 Å². The first-order valence-corrected chi connectivity index (χ1v) is 6.03. The molecule has 0 saturated carbocycles. The Hall–Kier alpha value is -2.10. The molecule has 0 saturated heterocycles. The van der Waals surface area contributed by atoms with Crippen molar-refractivity contribution in [2.45, 2.75) is 26.4 Å². The van der Waals surface area contributed by atoms with E-state index < -0.39 is 17.5 Å². The lowest BCUT2D eigenvalue weighted by molar-refractivity contribution is 0.0636. The first-order valence-electron chi connectivity index (χ1n) is 6.03. The van der Waals surface area contributed by atoms with Crippen molar-refractivity contribution in [2.75, 3.05) is 5.32 Å². The molecule has 1 amide bonds. The van der Waals surface area contributed by atoms with Crippen molar-refractivity contribution in [1.82, 2.24) is 0 Å². The summed E-state index contributed by atoms with van der Waals surface area (Å²) in [6.45, 7) is 5.32. The predicted molar refractivity (Wildman–Crippen MR) is 73.8 cm³/mol. The van der Waals surface area contributed by atoms with Gasteiger partial charge in [-0.3, -0.25) is 5.32 Å². The van der Waals surface area contributed by atoms with Crippen molar-refractivity contribution in [3.8, 4) is 0 Å². The zero-order chi connectivity index (χ0) is 14.0.